The highest BCUT2D eigenvalue weighted by molar-refractivity contribution is 5.90. The monoisotopic (exact) mass is 664 g/mol. The zero-order valence-corrected chi connectivity index (χ0v) is 27.9. The van der Waals surface area contributed by atoms with E-state index in [1.165, 1.54) is 22.3 Å². The van der Waals surface area contributed by atoms with Crippen LogP contribution in [0.1, 0.15) is 27.8 Å². The standard InChI is InChI=1S/C47H28N4O/c48-29-30-19-21-31(22-20-30)34-23-25-42-40(27-34)47(38-17-9-7-15-36(38)37-16-8-10-18-39(37)47)41-28-35(24-26-43(41)52-42)46-50-44(32-11-3-1-4-12-32)49-45(51-46)33-13-5-2-6-14-33/h1-28H. The van der Waals surface area contributed by atoms with Gasteiger partial charge < -0.3 is 4.74 Å². The fourth-order valence-corrected chi connectivity index (χ4v) is 7.90. The highest BCUT2D eigenvalue weighted by Crippen LogP contribution is 2.62. The smallest absolute Gasteiger partial charge is 0.164 e. The molecule has 1 aliphatic heterocycles. The molecule has 1 aromatic heterocycles. The van der Waals surface area contributed by atoms with Crippen LogP contribution in [0.5, 0.6) is 11.5 Å². The fourth-order valence-electron chi connectivity index (χ4n) is 7.90. The lowest BCUT2D eigenvalue weighted by molar-refractivity contribution is 0.436. The van der Waals surface area contributed by atoms with Gasteiger partial charge in [-0.2, -0.15) is 5.26 Å². The second kappa shape index (κ2) is 11.7. The van der Waals surface area contributed by atoms with Gasteiger partial charge in [0.25, 0.3) is 0 Å². The van der Waals surface area contributed by atoms with E-state index in [9.17, 15) is 5.26 Å². The van der Waals surface area contributed by atoms with Crippen LogP contribution in [0, 0.1) is 11.3 Å². The van der Waals surface area contributed by atoms with Crippen LogP contribution in [0.15, 0.2) is 170 Å². The predicted octanol–water partition coefficient (Wildman–Crippen LogP) is 10.9. The molecular weight excluding hydrogens is 637 g/mol. The summed E-state index contributed by atoms with van der Waals surface area (Å²) in [6, 6.07) is 60.2. The minimum absolute atomic E-state index is 0.586. The molecule has 5 heteroatoms. The molecule has 2 heterocycles. The van der Waals surface area contributed by atoms with Gasteiger partial charge in [-0.25, -0.2) is 15.0 Å². The van der Waals surface area contributed by atoms with Gasteiger partial charge in [0, 0.05) is 27.8 Å². The molecule has 0 bridgehead atoms. The zero-order valence-electron chi connectivity index (χ0n) is 27.9. The number of ether oxygens (including phenoxy) is 1. The molecule has 0 saturated heterocycles. The summed E-state index contributed by atoms with van der Waals surface area (Å²) in [5.41, 5.74) is 11.6. The maximum absolute atomic E-state index is 9.45. The van der Waals surface area contributed by atoms with Gasteiger partial charge >= 0.3 is 0 Å². The van der Waals surface area contributed by atoms with E-state index in [2.05, 4.69) is 84.9 Å². The van der Waals surface area contributed by atoms with Crippen LogP contribution in [0.25, 0.3) is 56.4 Å². The molecule has 0 N–H and O–H groups in total. The van der Waals surface area contributed by atoms with Crippen molar-refractivity contribution in [3.63, 3.8) is 0 Å². The molecule has 0 atom stereocenters. The summed E-state index contributed by atoms with van der Waals surface area (Å²) in [6.45, 7) is 0. The molecule has 0 fully saturated rings. The highest BCUT2D eigenvalue weighted by atomic mass is 16.5. The van der Waals surface area contributed by atoms with Crippen molar-refractivity contribution in [3.8, 4) is 74.0 Å². The van der Waals surface area contributed by atoms with Crippen molar-refractivity contribution in [2.24, 2.45) is 0 Å². The van der Waals surface area contributed by atoms with Crippen LogP contribution in [0.4, 0.5) is 0 Å². The molecule has 0 radical (unpaired) electrons. The number of nitrogens with zero attached hydrogens (tertiary/aromatic N) is 4. The van der Waals surface area contributed by atoms with Crippen molar-refractivity contribution >= 4 is 0 Å². The molecule has 0 amide bonds. The second-order valence-corrected chi connectivity index (χ2v) is 13.1. The minimum Gasteiger partial charge on any atom is -0.457 e. The largest absolute Gasteiger partial charge is 0.457 e. The van der Waals surface area contributed by atoms with Crippen LogP contribution in [-0.2, 0) is 5.41 Å². The normalized spacial score (nSPS) is 12.9. The topological polar surface area (TPSA) is 71.7 Å². The molecule has 7 aromatic carbocycles. The number of aromatic nitrogens is 3. The molecule has 0 unspecified atom stereocenters. The average Bonchev–Trinajstić information content (AvgIpc) is 3.52. The number of rotatable bonds is 4. The van der Waals surface area contributed by atoms with Gasteiger partial charge in [0.15, 0.2) is 17.5 Å². The average molecular weight is 665 g/mol. The first-order chi connectivity index (χ1) is 25.7. The first kappa shape index (κ1) is 29.7. The SMILES string of the molecule is N#Cc1ccc(-c2ccc3c(c2)C2(c4cc(-c5nc(-c6ccccc6)nc(-c6ccccc6)n5)ccc4O3)c3ccccc3-c3ccccc32)cc1. The third-order valence-electron chi connectivity index (χ3n) is 10.2. The lowest BCUT2D eigenvalue weighted by Crippen LogP contribution is -2.32. The van der Waals surface area contributed by atoms with Gasteiger partial charge in [-0.1, -0.05) is 127 Å². The Kier molecular flexibility index (Phi) is 6.70. The summed E-state index contributed by atoms with van der Waals surface area (Å²) >= 11 is 0. The van der Waals surface area contributed by atoms with Crippen LogP contribution in [-0.4, -0.2) is 15.0 Å². The summed E-state index contributed by atoms with van der Waals surface area (Å²) in [7, 11) is 0. The van der Waals surface area contributed by atoms with Crippen molar-refractivity contribution in [3.05, 3.63) is 198 Å². The summed E-state index contributed by atoms with van der Waals surface area (Å²) in [6.07, 6.45) is 0. The van der Waals surface area contributed by atoms with Crippen molar-refractivity contribution in [1.82, 2.24) is 15.0 Å². The van der Waals surface area contributed by atoms with Crippen LogP contribution in [0.2, 0.25) is 0 Å². The summed E-state index contributed by atoms with van der Waals surface area (Å²) < 4.78 is 6.80. The van der Waals surface area contributed by atoms with E-state index < -0.39 is 5.41 Å². The van der Waals surface area contributed by atoms with E-state index in [1.54, 1.807) is 0 Å². The van der Waals surface area contributed by atoms with E-state index in [1.807, 2.05) is 91.0 Å². The van der Waals surface area contributed by atoms with Gasteiger partial charge in [0.1, 0.15) is 11.5 Å². The third kappa shape index (κ3) is 4.52. The lowest BCUT2D eigenvalue weighted by atomic mass is 9.65. The van der Waals surface area contributed by atoms with Crippen molar-refractivity contribution in [1.29, 1.82) is 5.26 Å². The van der Waals surface area contributed by atoms with E-state index in [-0.39, 0.29) is 0 Å². The van der Waals surface area contributed by atoms with Gasteiger partial charge in [-0.05, 0) is 75.8 Å². The Morgan fingerprint density at radius 1 is 0.404 bits per heavy atom. The van der Waals surface area contributed by atoms with Crippen LogP contribution in [0.3, 0.4) is 0 Å². The van der Waals surface area contributed by atoms with Crippen molar-refractivity contribution in [2.75, 3.05) is 0 Å². The molecule has 8 aromatic rings. The van der Waals surface area contributed by atoms with Gasteiger partial charge in [-0.15, -0.1) is 0 Å². The molecule has 242 valence electrons. The molecular formula is C47H28N4O. The number of hydrogen-bond acceptors (Lipinski definition) is 5. The predicted molar refractivity (Wildman–Crippen MR) is 204 cm³/mol. The van der Waals surface area contributed by atoms with Gasteiger partial charge in [0.05, 0.1) is 17.0 Å². The van der Waals surface area contributed by atoms with E-state index >= 15 is 0 Å². The number of nitriles is 1. The van der Waals surface area contributed by atoms with Crippen LogP contribution < -0.4 is 4.74 Å². The second-order valence-electron chi connectivity index (χ2n) is 13.1. The fraction of sp³-hybridized carbons (Fsp3) is 0.0213. The third-order valence-corrected chi connectivity index (χ3v) is 10.2. The van der Waals surface area contributed by atoms with Crippen LogP contribution >= 0.6 is 0 Å². The molecule has 2 aliphatic rings. The zero-order chi connectivity index (χ0) is 34.6. The van der Waals surface area contributed by atoms with E-state index in [0.29, 0.717) is 23.0 Å². The van der Waals surface area contributed by atoms with Crippen molar-refractivity contribution in [2.45, 2.75) is 5.41 Å². The highest BCUT2D eigenvalue weighted by Gasteiger charge is 2.51. The Hall–Kier alpha value is -7.16. The summed E-state index contributed by atoms with van der Waals surface area (Å²) in [4.78, 5) is 15.1. The molecule has 5 nitrogen and oxygen atoms in total. The maximum atomic E-state index is 9.45. The summed E-state index contributed by atoms with van der Waals surface area (Å²) in [5, 5.41) is 9.45. The lowest BCUT2D eigenvalue weighted by Gasteiger charge is -2.40. The Bertz CT molecular complexity index is 2610. The minimum atomic E-state index is -0.688. The van der Waals surface area contributed by atoms with E-state index in [4.69, 9.17) is 19.7 Å². The molecule has 52 heavy (non-hydrogen) atoms. The number of benzene rings is 7. The Labute approximate surface area is 301 Å². The van der Waals surface area contributed by atoms with Gasteiger partial charge in [-0.3, -0.25) is 0 Å². The summed E-state index contributed by atoms with van der Waals surface area (Å²) in [5.74, 6) is 3.41. The van der Waals surface area contributed by atoms with Gasteiger partial charge in [0.2, 0.25) is 0 Å². The maximum Gasteiger partial charge on any atom is 0.164 e. The first-order valence-corrected chi connectivity index (χ1v) is 17.2. The molecule has 10 rings (SSSR count). The number of hydrogen-bond donors (Lipinski definition) is 0. The molecule has 1 aliphatic carbocycles. The van der Waals surface area contributed by atoms with Crippen molar-refractivity contribution < 1.29 is 4.74 Å². The molecule has 0 saturated carbocycles. The first-order valence-electron chi connectivity index (χ1n) is 17.2. The molecule has 1 spiro atoms. The quantitative estimate of drug-likeness (QED) is 0.187. The Morgan fingerprint density at radius 2 is 0.846 bits per heavy atom. The Morgan fingerprint density at radius 3 is 1.38 bits per heavy atom. The number of fused-ring (bicyclic) bond motifs is 9. The van der Waals surface area contributed by atoms with E-state index in [0.717, 1.165) is 50.4 Å². The Balaban J connectivity index is 1.24.